The van der Waals surface area contributed by atoms with Crippen LogP contribution in [0, 0.1) is 5.41 Å². The summed E-state index contributed by atoms with van der Waals surface area (Å²) in [6.07, 6.45) is 3.56. The smallest absolute Gasteiger partial charge is 0.323 e. The van der Waals surface area contributed by atoms with E-state index in [9.17, 15) is 9.59 Å². The van der Waals surface area contributed by atoms with E-state index in [1.54, 1.807) is 6.92 Å². The molecule has 0 bridgehead atoms. The molecule has 0 saturated carbocycles. The van der Waals surface area contributed by atoms with Crippen LogP contribution in [-0.2, 0) is 19.1 Å². The third kappa shape index (κ3) is 4.84. The minimum atomic E-state index is -1.14. The molecule has 0 aliphatic carbocycles. The number of rotatable bonds is 9. The molecule has 0 aromatic rings. The minimum Gasteiger partial charge on any atom is -0.465 e. The van der Waals surface area contributed by atoms with Gasteiger partial charge in [-0.15, -0.1) is 0 Å². The van der Waals surface area contributed by atoms with E-state index in [4.69, 9.17) is 9.47 Å². The summed E-state index contributed by atoms with van der Waals surface area (Å²) in [5.41, 5.74) is -1.14. The number of hydrogen-bond acceptors (Lipinski definition) is 4. The third-order valence-corrected chi connectivity index (χ3v) is 3.54. The van der Waals surface area contributed by atoms with Crippen LogP contribution in [0.15, 0.2) is 0 Å². The quantitative estimate of drug-likeness (QED) is 0.476. The lowest BCUT2D eigenvalue weighted by Crippen LogP contribution is -2.42. The maximum atomic E-state index is 12.3. The molecule has 0 spiro atoms. The fourth-order valence-corrected chi connectivity index (χ4v) is 2.03. The van der Waals surface area contributed by atoms with E-state index < -0.39 is 17.4 Å². The molecule has 0 fully saturated rings. The molecule has 19 heavy (non-hydrogen) atoms. The average molecular weight is 272 g/mol. The van der Waals surface area contributed by atoms with Gasteiger partial charge in [0.2, 0.25) is 0 Å². The van der Waals surface area contributed by atoms with Crippen LogP contribution in [0.5, 0.6) is 0 Å². The van der Waals surface area contributed by atoms with Gasteiger partial charge in [0.15, 0.2) is 5.41 Å². The van der Waals surface area contributed by atoms with Crippen molar-refractivity contribution in [3.8, 4) is 0 Å². The second kappa shape index (κ2) is 8.94. The first-order valence-electron chi connectivity index (χ1n) is 7.36. The Kier molecular flexibility index (Phi) is 8.44. The zero-order valence-corrected chi connectivity index (χ0v) is 13.0. The molecule has 0 saturated heterocycles. The Labute approximate surface area is 116 Å². The maximum Gasteiger partial charge on any atom is 0.323 e. The van der Waals surface area contributed by atoms with Crippen LogP contribution in [0.1, 0.15) is 66.7 Å². The number of esters is 2. The van der Waals surface area contributed by atoms with E-state index in [0.29, 0.717) is 12.8 Å². The summed E-state index contributed by atoms with van der Waals surface area (Å²) in [5.74, 6) is -0.910. The molecule has 0 aliphatic heterocycles. The Hall–Kier alpha value is -1.06. The molecule has 0 aliphatic rings. The summed E-state index contributed by atoms with van der Waals surface area (Å²) in [7, 11) is 0. The fraction of sp³-hybridized carbons (Fsp3) is 0.867. The summed E-state index contributed by atoms with van der Waals surface area (Å²) in [5, 5.41) is 0. The van der Waals surface area contributed by atoms with E-state index in [-0.39, 0.29) is 12.7 Å². The summed E-state index contributed by atoms with van der Waals surface area (Å²) in [6, 6.07) is 0. The van der Waals surface area contributed by atoms with Crippen LogP contribution in [0.3, 0.4) is 0 Å². The van der Waals surface area contributed by atoms with Gasteiger partial charge >= 0.3 is 11.9 Å². The molecule has 0 aromatic carbocycles. The molecule has 0 aromatic heterocycles. The van der Waals surface area contributed by atoms with Gasteiger partial charge in [0.25, 0.3) is 0 Å². The van der Waals surface area contributed by atoms with Crippen molar-refractivity contribution in [3.05, 3.63) is 0 Å². The van der Waals surface area contributed by atoms with E-state index in [0.717, 1.165) is 19.3 Å². The van der Waals surface area contributed by atoms with Gasteiger partial charge in [-0.2, -0.15) is 0 Å². The fourth-order valence-electron chi connectivity index (χ4n) is 2.03. The molecule has 1 atom stereocenters. The van der Waals surface area contributed by atoms with Crippen LogP contribution < -0.4 is 0 Å². The van der Waals surface area contributed by atoms with Crippen molar-refractivity contribution in [2.75, 3.05) is 6.61 Å². The Morgan fingerprint density at radius 1 is 1.05 bits per heavy atom. The zero-order chi connectivity index (χ0) is 14.9. The van der Waals surface area contributed by atoms with Crippen molar-refractivity contribution >= 4 is 11.9 Å². The van der Waals surface area contributed by atoms with Gasteiger partial charge < -0.3 is 9.47 Å². The number of carbonyl (C=O) groups is 2. The van der Waals surface area contributed by atoms with E-state index in [2.05, 4.69) is 6.92 Å². The van der Waals surface area contributed by atoms with Crippen molar-refractivity contribution in [2.24, 2.45) is 5.41 Å². The molecule has 4 nitrogen and oxygen atoms in total. The predicted molar refractivity (Wildman–Crippen MR) is 74.7 cm³/mol. The molecule has 0 rings (SSSR count). The Balaban J connectivity index is 4.78. The van der Waals surface area contributed by atoms with Crippen molar-refractivity contribution in [1.82, 2.24) is 0 Å². The second-order valence-corrected chi connectivity index (χ2v) is 4.87. The topological polar surface area (TPSA) is 52.6 Å². The van der Waals surface area contributed by atoms with Crippen LogP contribution in [0.4, 0.5) is 0 Å². The molecule has 0 amide bonds. The first-order chi connectivity index (χ1) is 8.98. The summed E-state index contributed by atoms with van der Waals surface area (Å²) in [4.78, 5) is 24.3. The molecule has 4 heteroatoms. The summed E-state index contributed by atoms with van der Waals surface area (Å²) in [6.45, 7) is 9.61. The van der Waals surface area contributed by atoms with Gasteiger partial charge in [-0.05, 0) is 33.1 Å². The van der Waals surface area contributed by atoms with Gasteiger partial charge in [0.1, 0.15) is 0 Å². The Morgan fingerprint density at radius 3 is 2.05 bits per heavy atom. The second-order valence-electron chi connectivity index (χ2n) is 4.87. The lowest BCUT2D eigenvalue weighted by Gasteiger charge is -2.28. The van der Waals surface area contributed by atoms with Crippen molar-refractivity contribution in [1.29, 1.82) is 0 Å². The number of hydrogen-bond donors (Lipinski definition) is 0. The van der Waals surface area contributed by atoms with Crippen LogP contribution >= 0.6 is 0 Å². The van der Waals surface area contributed by atoms with Crippen LogP contribution in [0.2, 0.25) is 0 Å². The Morgan fingerprint density at radius 2 is 1.63 bits per heavy atom. The van der Waals surface area contributed by atoms with Gasteiger partial charge in [0, 0.05) is 0 Å². The SMILES string of the molecule is CCCCC(C)OC(=O)C(CC)(CC)C(=O)OCC. The van der Waals surface area contributed by atoms with Crippen molar-refractivity contribution in [3.63, 3.8) is 0 Å². The molecular weight excluding hydrogens is 244 g/mol. The largest absolute Gasteiger partial charge is 0.465 e. The third-order valence-electron chi connectivity index (χ3n) is 3.54. The Bertz CT molecular complexity index is 282. The van der Waals surface area contributed by atoms with Gasteiger partial charge in [-0.3, -0.25) is 9.59 Å². The maximum absolute atomic E-state index is 12.3. The summed E-state index contributed by atoms with van der Waals surface area (Å²) >= 11 is 0. The molecule has 0 N–H and O–H groups in total. The van der Waals surface area contributed by atoms with Crippen LogP contribution in [0.25, 0.3) is 0 Å². The molecule has 1 unspecified atom stereocenters. The standard InChI is InChI=1S/C15H28O4/c1-6-10-11-12(5)19-14(17)15(7-2,8-3)13(16)18-9-4/h12H,6-11H2,1-5H3. The van der Waals surface area contributed by atoms with Crippen molar-refractivity contribution in [2.45, 2.75) is 72.8 Å². The highest BCUT2D eigenvalue weighted by Crippen LogP contribution is 2.31. The lowest BCUT2D eigenvalue weighted by molar-refractivity contribution is -0.176. The van der Waals surface area contributed by atoms with E-state index in [1.807, 2.05) is 20.8 Å². The lowest BCUT2D eigenvalue weighted by atomic mass is 9.82. The van der Waals surface area contributed by atoms with Crippen molar-refractivity contribution < 1.29 is 19.1 Å². The monoisotopic (exact) mass is 272 g/mol. The van der Waals surface area contributed by atoms with Crippen LogP contribution in [-0.4, -0.2) is 24.6 Å². The first-order valence-corrected chi connectivity index (χ1v) is 7.36. The number of unbranched alkanes of at least 4 members (excludes halogenated alkanes) is 1. The number of ether oxygens (including phenoxy) is 2. The molecule has 0 heterocycles. The highest BCUT2D eigenvalue weighted by Gasteiger charge is 2.46. The van der Waals surface area contributed by atoms with E-state index >= 15 is 0 Å². The number of carbonyl (C=O) groups excluding carboxylic acids is 2. The van der Waals surface area contributed by atoms with E-state index in [1.165, 1.54) is 0 Å². The molecular formula is C15H28O4. The minimum absolute atomic E-state index is 0.153. The predicted octanol–water partition coefficient (Wildman–Crippen LogP) is 3.48. The first kappa shape index (κ1) is 17.9. The highest BCUT2D eigenvalue weighted by atomic mass is 16.6. The molecule has 112 valence electrons. The average Bonchev–Trinajstić information content (AvgIpc) is 2.38. The zero-order valence-electron chi connectivity index (χ0n) is 13.0. The summed E-state index contributed by atoms with van der Waals surface area (Å²) < 4.78 is 10.5. The normalized spacial score (nSPS) is 12.9. The highest BCUT2D eigenvalue weighted by molar-refractivity contribution is 6.00. The van der Waals surface area contributed by atoms with Gasteiger partial charge in [0.05, 0.1) is 12.7 Å². The van der Waals surface area contributed by atoms with Gasteiger partial charge in [-0.1, -0.05) is 33.6 Å². The molecule has 0 radical (unpaired) electrons. The van der Waals surface area contributed by atoms with Gasteiger partial charge in [-0.25, -0.2) is 0 Å².